The van der Waals surface area contributed by atoms with Crippen LogP contribution in [0.4, 0.5) is 0 Å². The molecule has 1 fully saturated rings. The molecular weight excluding hydrogens is 242 g/mol. The molecule has 0 amide bonds. The van der Waals surface area contributed by atoms with Crippen LogP contribution in [0.2, 0.25) is 0 Å². The smallest absolute Gasteiger partial charge is 0.161 e. The lowest BCUT2D eigenvalue weighted by molar-refractivity contribution is 0.138. The molecule has 0 aromatic heterocycles. The van der Waals surface area contributed by atoms with E-state index in [1.54, 1.807) is 0 Å². The summed E-state index contributed by atoms with van der Waals surface area (Å²) in [6, 6.07) is 6.13. The minimum atomic E-state index is 0.152. The van der Waals surface area contributed by atoms with Gasteiger partial charge in [0.05, 0.1) is 19.8 Å². The topological polar surface area (TPSA) is 39.7 Å². The quantitative estimate of drug-likeness (QED) is 0.821. The van der Waals surface area contributed by atoms with Gasteiger partial charge in [-0.2, -0.15) is 0 Å². The van der Waals surface area contributed by atoms with Crippen molar-refractivity contribution in [3.05, 3.63) is 23.8 Å². The molecule has 1 aliphatic heterocycles. The van der Waals surface area contributed by atoms with Gasteiger partial charge in [-0.25, -0.2) is 0 Å². The minimum absolute atomic E-state index is 0.152. The molecule has 0 radical (unpaired) electrons. The van der Waals surface area contributed by atoms with Crippen molar-refractivity contribution in [2.24, 2.45) is 0 Å². The highest BCUT2D eigenvalue weighted by Crippen LogP contribution is 2.30. The Kier molecular flexibility index (Phi) is 5.48. The van der Waals surface area contributed by atoms with Gasteiger partial charge in [0.25, 0.3) is 0 Å². The lowest BCUT2D eigenvalue weighted by Gasteiger charge is -2.16. The first-order chi connectivity index (χ1) is 9.33. The van der Waals surface area contributed by atoms with Gasteiger partial charge in [0.1, 0.15) is 6.10 Å². The van der Waals surface area contributed by atoms with E-state index in [2.05, 4.69) is 24.4 Å². The Labute approximate surface area is 115 Å². The molecule has 1 unspecified atom stereocenters. The van der Waals surface area contributed by atoms with Crippen molar-refractivity contribution in [1.29, 1.82) is 0 Å². The molecule has 4 nitrogen and oxygen atoms in total. The van der Waals surface area contributed by atoms with Crippen LogP contribution in [0.25, 0.3) is 0 Å². The van der Waals surface area contributed by atoms with Gasteiger partial charge in [0, 0.05) is 13.0 Å². The van der Waals surface area contributed by atoms with Crippen molar-refractivity contribution >= 4 is 0 Å². The summed E-state index contributed by atoms with van der Waals surface area (Å²) in [6.45, 7) is 7.99. The molecule has 1 aliphatic rings. The summed E-state index contributed by atoms with van der Waals surface area (Å²) in [5.41, 5.74) is 1.21. The zero-order chi connectivity index (χ0) is 13.5. The van der Waals surface area contributed by atoms with Gasteiger partial charge in [-0.05, 0) is 31.2 Å². The van der Waals surface area contributed by atoms with Crippen LogP contribution in [0, 0.1) is 0 Å². The van der Waals surface area contributed by atoms with E-state index >= 15 is 0 Å². The molecule has 4 heteroatoms. The molecule has 1 N–H and O–H groups in total. The largest absolute Gasteiger partial charge is 0.490 e. The van der Waals surface area contributed by atoms with Crippen molar-refractivity contribution in [2.75, 3.05) is 26.4 Å². The number of nitrogens with one attached hydrogen (secondary N) is 1. The maximum absolute atomic E-state index is 5.95. The number of hydrogen-bond donors (Lipinski definition) is 1. The molecule has 1 heterocycles. The van der Waals surface area contributed by atoms with Crippen LogP contribution >= 0.6 is 0 Å². The zero-order valence-corrected chi connectivity index (χ0v) is 11.8. The Morgan fingerprint density at radius 2 is 2.21 bits per heavy atom. The summed E-state index contributed by atoms with van der Waals surface area (Å²) in [5, 5.41) is 3.31. The third-order valence-corrected chi connectivity index (χ3v) is 3.07. The van der Waals surface area contributed by atoms with Gasteiger partial charge in [-0.15, -0.1) is 0 Å². The monoisotopic (exact) mass is 265 g/mol. The molecule has 106 valence electrons. The second-order valence-electron chi connectivity index (χ2n) is 4.60. The van der Waals surface area contributed by atoms with Gasteiger partial charge >= 0.3 is 0 Å². The van der Waals surface area contributed by atoms with Gasteiger partial charge in [-0.1, -0.05) is 13.0 Å². The normalized spacial score (nSPS) is 18.5. The fraction of sp³-hybridized carbons (Fsp3) is 0.600. The van der Waals surface area contributed by atoms with Gasteiger partial charge in [-0.3, -0.25) is 0 Å². The summed E-state index contributed by atoms with van der Waals surface area (Å²) in [5.74, 6) is 1.64. The van der Waals surface area contributed by atoms with Crippen molar-refractivity contribution in [3.8, 4) is 11.5 Å². The first kappa shape index (κ1) is 14.2. The molecular formula is C15H23NO3. The third kappa shape index (κ3) is 4.11. The molecule has 1 atom stereocenters. The Bertz CT molecular complexity index is 389. The molecule has 1 aromatic carbocycles. The third-order valence-electron chi connectivity index (χ3n) is 3.07. The van der Waals surface area contributed by atoms with Crippen LogP contribution < -0.4 is 14.8 Å². The van der Waals surface area contributed by atoms with E-state index in [-0.39, 0.29) is 6.10 Å². The summed E-state index contributed by atoms with van der Waals surface area (Å²) in [6.07, 6.45) is 1.10. The van der Waals surface area contributed by atoms with E-state index in [1.165, 1.54) is 5.56 Å². The lowest BCUT2D eigenvalue weighted by atomic mass is 10.2. The van der Waals surface area contributed by atoms with Gasteiger partial charge in [0.15, 0.2) is 11.5 Å². The number of hydrogen-bond acceptors (Lipinski definition) is 4. The van der Waals surface area contributed by atoms with E-state index in [0.29, 0.717) is 13.2 Å². The molecule has 0 aliphatic carbocycles. The SMILES string of the molecule is CCNCc1ccc(OC2CCOC2)c(OCC)c1. The standard InChI is InChI=1S/C15H23NO3/c1-3-16-10-12-5-6-14(15(9-12)18-4-2)19-13-7-8-17-11-13/h5-6,9,13,16H,3-4,7-8,10-11H2,1-2H3. The van der Waals surface area contributed by atoms with Crippen LogP contribution in [0.15, 0.2) is 18.2 Å². The summed E-state index contributed by atoms with van der Waals surface area (Å²) in [7, 11) is 0. The maximum Gasteiger partial charge on any atom is 0.161 e. The zero-order valence-electron chi connectivity index (χ0n) is 11.8. The fourth-order valence-electron chi connectivity index (χ4n) is 2.08. The Morgan fingerprint density at radius 3 is 2.89 bits per heavy atom. The van der Waals surface area contributed by atoms with Crippen LogP contribution in [-0.2, 0) is 11.3 Å². The van der Waals surface area contributed by atoms with Crippen LogP contribution in [-0.4, -0.2) is 32.5 Å². The molecule has 0 spiro atoms. The second-order valence-corrected chi connectivity index (χ2v) is 4.60. The fourth-order valence-corrected chi connectivity index (χ4v) is 2.08. The van der Waals surface area contributed by atoms with E-state index in [1.807, 2.05) is 13.0 Å². The second kappa shape index (κ2) is 7.36. The van der Waals surface area contributed by atoms with Crippen molar-refractivity contribution < 1.29 is 14.2 Å². The van der Waals surface area contributed by atoms with E-state index in [0.717, 1.165) is 37.6 Å². The van der Waals surface area contributed by atoms with Crippen molar-refractivity contribution in [1.82, 2.24) is 5.32 Å². The predicted octanol–water partition coefficient (Wildman–Crippen LogP) is 2.36. The van der Waals surface area contributed by atoms with E-state index in [9.17, 15) is 0 Å². The molecule has 1 saturated heterocycles. The Morgan fingerprint density at radius 1 is 1.32 bits per heavy atom. The summed E-state index contributed by atoms with van der Waals surface area (Å²) in [4.78, 5) is 0. The molecule has 1 aromatic rings. The lowest BCUT2D eigenvalue weighted by Crippen LogP contribution is -2.17. The Balaban J connectivity index is 2.07. The molecule has 0 saturated carbocycles. The van der Waals surface area contributed by atoms with Gasteiger partial charge < -0.3 is 19.5 Å². The average molecular weight is 265 g/mol. The number of ether oxygens (including phenoxy) is 3. The Hall–Kier alpha value is -1.26. The highest BCUT2D eigenvalue weighted by atomic mass is 16.6. The predicted molar refractivity (Wildman–Crippen MR) is 74.8 cm³/mol. The van der Waals surface area contributed by atoms with Crippen LogP contribution in [0.5, 0.6) is 11.5 Å². The molecule has 19 heavy (non-hydrogen) atoms. The van der Waals surface area contributed by atoms with E-state index < -0.39 is 0 Å². The molecule has 2 rings (SSSR count). The van der Waals surface area contributed by atoms with Crippen molar-refractivity contribution in [2.45, 2.75) is 32.9 Å². The van der Waals surface area contributed by atoms with Gasteiger partial charge in [0.2, 0.25) is 0 Å². The number of benzene rings is 1. The number of rotatable bonds is 7. The van der Waals surface area contributed by atoms with Crippen LogP contribution in [0.3, 0.4) is 0 Å². The first-order valence-electron chi connectivity index (χ1n) is 7.04. The molecule has 0 bridgehead atoms. The minimum Gasteiger partial charge on any atom is -0.490 e. The van der Waals surface area contributed by atoms with E-state index in [4.69, 9.17) is 14.2 Å². The summed E-state index contributed by atoms with van der Waals surface area (Å²) >= 11 is 0. The van der Waals surface area contributed by atoms with Crippen molar-refractivity contribution in [3.63, 3.8) is 0 Å². The summed E-state index contributed by atoms with van der Waals surface area (Å²) < 4.78 is 17.0. The average Bonchev–Trinajstić information content (AvgIpc) is 2.92. The highest BCUT2D eigenvalue weighted by molar-refractivity contribution is 5.43. The maximum atomic E-state index is 5.95. The first-order valence-corrected chi connectivity index (χ1v) is 7.04. The van der Waals surface area contributed by atoms with Crippen LogP contribution in [0.1, 0.15) is 25.8 Å². The highest BCUT2D eigenvalue weighted by Gasteiger charge is 2.19.